The Morgan fingerprint density at radius 3 is 2.75 bits per heavy atom. The van der Waals surface area contributed by atoms with Gasteiger partial charge in [-0.15, -0.1) is 0 Å². The van der Waals surface area contributed by atoms with Crippen LogP contribution in [-0.4, -0.2) is 27.9 Å². The fourth-order valence-electron chi connectivity index (χ4n) is 1.31. The Morgan fingerprint density at radius 2 is 2.19 bits per heavy atom. The van der Waals surface area contributed by atoms with Gasteiger partial charge in [0.2, 0.25) is 0 Å². The molecule has 1 aromatic heterocycles. The second-order valence-electron chi connectivity index (χ2n) is 3.47. The molecule has 0 bridgehead atoms. The summed E-state index contributed by atoms with van der Waals surface area (Å²) in [5, 5.41) is 0. The molecule has 1 heterocycles. The Balaban J connectivity index is 2.32. The summed E-state index contributed by atoms with van der Waals surface area (Å²) in [6.45, 7) is 2.10. The third-order valence-corrected chi connectivity index (χ3v) is 2.19. The summed E-state index contributed by atoms with van der Waals surface area (Å²) in [5.74, 6) is 0.395. The lowest BCUT2D eigenvalue weighted by atomic mass is 10.1. The first-order valence-corrected chi connectivity index (χ1v) is 5.27. The van der Waals surface area contributed by atoms with Crippen LogP contribution in [0.15, 0.2) is 12.4 Å². The molecule has 0 radical (unpaired) electrons. The van der Waals surface area contributed by atoms with Crippen LogP contribution in [0.3, 0.4) is 0 Å². The van der Waals surface area contributed by atoms with Gasteiger partial charge in [-0.1, -0.05) is 0 Å². The van der Waals surface area contributed by atoms with E-state index in [1.807, 2.05) is 7.05 Å². The van der Waals surface area contributed by atoms with Gasteiger partial charge in [0.25, 0.3) is 0 Å². The highest BCUT2D eigenvalue weighted by molar-refractivity contribution is 5.84. The zero-order valence-corrected chi connectivity index (χ0v) is 9.60. The number of ketones is 1. The van der Waals surface area contributed by atoms with E-state index in [1.165, 1.54) is 0 Å². The maximum atomic E-state index is 11.5. The van der Waals surface area contributed by atoms with Crippen molar-refractivity contribution in [3.05, 3.63) is 18.2 Å². The normalized spacial score (nSPS) is 10.1. The molecule has 0 saturated carbocycles. The Morgan fingerprint density at radius 1 is 1.44 bits per heavy atom. The summed E-state index contributed by atoms with van der Waals surface area (Å²) < 4.78 is 6.53. The van der Waals surface area contributed by atoms with E-state index in [0.717, 1.165) is 0 Å². The number of esters is 1. The molecule has 0 aliphatic heterocycles. The van der Waals surface area contributed by atoms with Crippen LogP contribution in [0.5, 0.6) is 0 Å². The smallest absolute Gasteiger partial charge is 0.306 e. The highest BCUT2D eigenvalue weighted by Gasteiger charge is 2.10. The quantitative estimate of drug-likeness (QED) is 0.673. The van der Waals surface area contributed by atoms with Crippen molar-refractivity contribution in [2.24, 2.45) is 7.05 Å². The van der Waals surface area contributed by atoms with Gasteiger partial charge in [0.05, 0.1) is 19.4 Å². The molecule has 0 aliphatic carbocycles. The van der Waals surface area contributed by atoms with Gasteiger partial charge >= 0.3 is 5.97 Å². The average molecular weight is 224 g/mol. The summed E-state index contributed by atoms with van der Waals surface area (Å²) >= 11 is 0. The maximum absolute atomic E-state index is 11.5. The van der Waals surface area contributed by atoms with Gasteiger partial charge in [0, 0.05) is 25.9 Å². The molecule has 5 heteroatoms. The highest BCUT2D eigenvalue weighted by atomic mass is 16.5. The molecule has 0 amide bonds. The predicted molar refractivity (Wildman–Crippen MR) is 57.8 cm³/mol. The van der Waals surface area contributed by atoms with Crippen molar-refractivity contribution in [2.45, 2.75) is 26.2 Å². The van der Waals surface area contributed by atoms with Crippen LogP contribution >= 0.6 is 0 Å². The van der Waals surface area contributed by atoms with Crippen LogP contribution < -0.4 is 0 Å². The minimum atomic E-state index is -0.323. The minimum Gasteiger partial charge on any atom is -0.466 e. The number of hydrogen-bond acceptors (Lipinski definition) is 4. The first-order chi connectivity index (χ1) is 7.63. The minimum absolute atomic E-state index is 0.00218. The SMILES string of the molecule is CCOC(=O)CCC(=O)Cc1nccn1C. The first-order valence-electron chi connectivity index (χ1n) is 5.27. The highest BCUT2D eigenvalue weighted by Crippen LogP contribution is 2.01. The average Bonchev–Trinajstić information content (AvgIpc) is 2.62. The number of Topliss-reactive ketones (excluding diaryl/α,β-unsaturated/α-hetero) is 1. The lowest BCUT2D eigenvalue weighted by Crippen LogP contribution is -2.11. The summed E-state index contributed by atoms with van der Waals surface area (Å²) in [7, 11) is 1.83. The van der Waals surface area contributed by atoms with Crippen LogP contribution in [0.2, 0.25) is 0 Å². The number of carbonyl (C=O) groups excluding carboxylic acids is 2. The van der Waals surface area contributed by atoms with E-state index in [-0.39, 0.29) is 31.0 Å². The number of ether oxygens (including phenoxy) is 1. The second kappa shape index (κ2) is 6.05. The monoisotopic (exact) mass is 224 g/mol. The Hall–Kier alpha value is -1.65. The fourth-order valence-corrected chi connectivity index (χ4v) is 1.31. The van der Waals surface area contributed by atoms with Crippen molar-refractivity contribution < 1.29 is 14.3 Å². The molecule has 0 N–H and O–H groups in total. The van der Waals surface area contributed by atoms with Gasteiger partial charge in [0.1, 0.15) is 11.6 Å². The molecule has 88 valence electrons. The molecule has 0 spiro atoms. The number of aromatic nitrogens is 2. The standard InChI is InChI=1S/C11H16N2O3/c1-3-16-11(15)5-4-9(14)8-10-12-6-7-13(10)2/h6-7H,3-5,8H2,1-2H3. The molecule has 0 aliphatic rings. The van der Waals surface area contributed by atoms with E-state index in [0.29, 0.717) is 12.4 Å². The summed E-state index contributed by atoms with van der Waals surface area (Å²) in [5.41, 5.74) is 0. The van der Waals surface area contributed by atoms with E-state index >= 15 is 0 Å². The molecule has 5 nitrogen and oxygen atoms in total. The molecular formula is C11H16N2O3. The maximum Gasteiger partial charge on any atom is 0.306 e. The fraction of sp³-hybridized carbons (Fsp3) is 0.545. The van der Waals surface area contributed by atoms with Gasteiger partial charge in [-0.2, -0.15) is 0 Å². The van der Waals surface area contributed by atoms with E-state index in [9.17, 15) is 9.59 Å². The van der Waals surface area contributed by atoms with Crippen molar-refractivity contribution in [2.75, 3.05) is 6.61 Å². The van der Waals surface area contributed by atoms with Gasteiger partial charge in [-0.3, -0.25) is 9.59 Å². The summed E-state index contributed by atoms with van der Waals surface area (Å²) in [6.07, 6.45) is 4.06. The Labute approximate surface area is 94.4 Å². The van der Waals surface area contributed by atoms with Crippen LogP contribution in [0, 0.1) is 0 Å². The second-order valence-corrected chi connectivity index (χ2v) is 3.47. The lowest BCUT2D eigenvalue weighted by molar-refractivity contribution is -0.144. The third kappa shape index (κ3) is 3.84. The lowest BCUT2D eigenvalue weighted by Gasteiger charge is -2.02. The predicted octanol–water partition coefficient (Wildman–Crippen LogP) is 0.875. The molecule has 0 fully saturated rings. The number of nitrogens with zero attached hydrogens (tertiary/aromatic N) is 2. The molecule has 0 atom stereocenters. The van der Waals surface area contributed by atoms with E-state index in [2.05, 4.69) is 4.98 Å². The van der Waals surface area contributed by atoms with Crippen LogP contribution in [0.25, 0.3) is 0 Å². The number of aryl methyl sites for hydroxylation is 1. The largest absolute Gasteiger partial charge is 0.466 e. The third-order valence-electron chi connectivity index (χ3n) is 2.19. The van der Waals surface area contributed by atoms with Gasteiger partial charge in [0.15, 0.2) is 0 Å². The molecular weight excluding hydrogens is 208 g/mol. The van der Waals surface area contributed by atoms with Gasteiger partial charge < -0.3 is 9.30 Å². The zero-order chi connectivity index (χ0) is 12.0. The molecule has 0 unspecified atom stereocenters. The number of rotatable bonds is 6. The van der Waals surface area contributed by atoms with Gasteiger partial charge in [-0.05, 0) is 6.92 Å². The van der Waals surface area contributed by atoms with E-state index in [1.54, 1.807) is 23.9 Å². The molecule has 1 rings (SSSR count). The summed E-state index contributed by atoms with van der Waals surface area (Å²) in [6, 6.07) is 0. The number of carbonyl (C=O) groups is 2. The molecule has 1 aromatic rings. The summed E-state index contributed by atoms with van der Waals surface area (Å²) in [4.78, 5) is 26.6. The van der Waals surface area contributed by atoms with Crippen LogP contribution in [0.1, 0.15) is 25.6 Å². The van der Waals surface area contributed by atoms with Crippen molar-refractivity contribution in [1.82, 2.24) is 9.55 Å². The van der Waals surface area contributed by atoms with Crippen LogP contribution in [-0.2, 0) is 27.8 Å². The molecule has 16 heavy (non-hydrogen) atoms. The first kappa shape index (κ1) is 12.4. The van der Waals surface area contributed by atoms with E-state index in [4.69, 9.17) is 4.74 Å². The van der Waals surface area contributed by atoms with Crippen molar-refractivity contribution >= 4 is 11.8 Å². The number of imidazole rings is 1. The zero-order valence-electron chi connectivity index (χ0n) is 9.60. The molecule has 0 aromatic carbocycles. The van der Waals surface area contributed by atoms with Crippen molar-refractivity contribution in [3.63, 3.8) is 0 Å². The number of hydrogen-bond donors (Lipinski definition) is 0. The van der Waals surface area contributed by atoms with Crippen LogP contribution in [0.4, 0.5) is 0 Å². The van der Waals surface area contributed by atoms with Gasteiger partial charge in [-0.25, -0.2) is 4.98 Å². The Bertz CT molecular complexity index is 371. The topological polar surface area (TPSA) is 61.2 Å². The van der Waals surface area contributed by atoms with E-state index < -0.39 is 0 Å². The van der Waals surface area contributed by atoms with Crippen molar-refractivity contribution in [1.29, 1.82) is 0 Å². The van der Waals surface area contributed by atoms with Crippen molar-refractivity contribution in [3.8, 4) is 0 Å². The molecule has 0 saturated heterocycles. The Kier molecular flexibility index (Phi) is 4.69.